The van der Waals surface area contributed by atoms with Crippen LogP contribution in [0.25, 0.3) is 0 Å². The van der Waals surface area contributed by atoms with Gasteiger partial charge in [0.2, 0.25) is 11.6 Å². The van der Waals surface area contributed by atoms with Gasteiger partial charge >= 0.3 is 5.97 Å². The molecule has 7 heteroatoms. The number of nitrogens with one attached hydrogen (secondary N) is 1. The summed E-state index contributed by atoms with van der Waals surface area (Å²) >= 11 is 7.29. The third-order valence-electron chi connectivity index (χ3n) is 5.99. The van der Waals surface area contributed by atoms with Gasteiger partial charge < -0.3 is 15.0 Å². The van der Waals surface area contributed by atoms with E-state index in [4.69, 9.17) is 17.0 Å². The maximum atomic E-state index is 13.6. The van der Waals surface area contributed by atoms with E-state index in [0.29, 0.717) is 4.99 Å². The lowest BCUT2D eigenvalue weighted by molar-refractivity contribution is -0.165. The number of thioether (sulfide) groups is 1. The highest BCUT2D eigenvalue weighted by molar-refractivity contribution is 8.02. The van der Waals surface area contributed by atoms with E-state index in [2.05, 4.69) is 12.2 Å². The number of carbonyl (C=O) groups is 2. The molecule has 0 spiro atoms. The van der Waals surface area contributed by atoms with Crippen molar-refractivity contribution < 1.29 is 14.3 Å². The third kappa shape index (κ3) is 3.74. The first-order valence-electron chi connectivity index (χ1n) is 10.3. The van der Waals surface area contributed by atoms with Crippen molar-refractivity contribution in [1.82, 2.24) is 10.2 Å². The molecular weight excluding hydrogens is 428 g/mol. The van der Waals surface area contributed by atoms with E-state index in [1.165, 1.54) is 0 Å². The summed E-state index contributed by atoms with van der Waals surface area (Å²) in [6.07, 6.45) is 0.177. The SMILES string of the molecule is C[C@@H]1C(=S)N2[C@@H]1SC(C)(C)[C@]2(NC(=O)Cc1ccccc1)C(=O)OCc1ccccc1. The lowest BCUT2D eigenvalue weighted by atomic mass is 9.87. The van der Waals surface area contributed by atoms with E-state index < -0.39 is 16.4 Å². The topological polar surface area (TPSA) is 58.6 Å². The number of fused-ring (bicyclic) bond motifs is 1. The molecule has 0 aromatic heterocycles. The summed E-state index contributed by atoms with van der Waals surface area (Å²) in [4.78, 5) is 29.3. The lowest BCUT2D eigenvalue weighted by Gasteiger charge is -2.52. The molecule has 31 heavy (non-hydrogen) atoms. The van der Waals surface area contributed by atoms with Crippen molar-refractivity contribution in [1.29, 1.82) is 0 Å². The van der Waals surface area contributed by atoms with Crippen LogP contribution in [0.5, 0.6) is 0 Å². The summed E-state index contributed by atoms with van der Waals surface area (Å²) in [5, 5.41) is 3.09. The molecule has 5 nitrogen and oxygen atoms in total. The van der Waals surface area contributed by atoms with Gasteiger partial charge in [-0.25, -0.2) is 4.79 Å². The molecule has 2 fully saturated rings. The molecule has 2 aliphatic rings. The van der Waals surface area contributed by atoms with Gasteiger partial charge in [0.25, 0.3) is 0 Å². The molecule has 0 bridgehead atoms. The van der Waals surface area contributed by atoms with Crippen LogP contribution in [0.1, 0.15) is 31.9 Å². The zero-order valence-electron chi connectivity index (χ0n) is 17.8. The van der Waals surface area contributed by atoms with Crippen LogP contribution in [-0.2, 0) is 27.4 Å². The molecule has 3 atom stereocenters. The van der Waals surface area contributed by atoms with Crippen LogP contribution in [-0.4, -0.2) is 37.5 Å². The fraction of sp³-hybridized carbons (Fsp3) is 0.375. The molecule has 2 heterocycles. The highest BCUT2D eigenvalue weighted by Crippen LogP contribution is 2.58. The minimum Gasteiger partial charge on any atom is -0.458 e. The Labute approximate surface area is 192 Å². The molecule has 2 aromatic carbocycles. The second-order valence-electron chi connectivity index (χ2n) is 8.50. The van der Waals surface area contributed by atoms with Gasteiger partial charge in [-0.1, -0.05) is 79.8 Å². The molecule has 4 rings (SSSR count). The van der Waals surface area contributed by atoms with Crippen molar-refractivity contribution in [3.05, 3.63) is 71.8 Å². The number of esters is 1. The molecule has 0 radical (unpaired) electrons. The van der Waals surface area contributed by atoms with E-state index in [1.54, 1.807) is 11.8 Å². The Morgan fingerprint density at radius 3 is 2.26 bits per heavy atom. The molecular formula is C24H26N2O3S2. The Hall–Kier alpha value is -2.38. The van der Waals surface area contributed by atoms with Crippen molar-refractivity contribution in [2.75, 3.05) is 0 Å². The maximum Gasteiger partial charge on any atom is 0.355 e. The molecule has 2 aromatic rings. The number of benzene rings is 2. The highest BCUT2D eigenvalue weighted by Gasteiger charge is 2.71. The standard InChI is InChI=1S/C24H26N2O3S2/c1-16-20(30)26-21(16)31-23(2,3)24(26,22(28)29-15-18-12-8-5-9-13-18)25-19(27)14-17-10-6-4-7-11-17/h4-13,16,21H,14-15H2,1-3H3,(H,25,27)/t16-,21-,24+/m1/s1. The van der Waals surface area contributed by atoms with Crippen LogP contribution in [0.4, 0.5) is 0 Å². The number of carbonyl (C=O) groups excluding carboxylic acids is 2. The normalized spacial score (nSPS) is 26.0. The van der Waals surface area contributed by atoms with Crippen LogP contribution >= 0.6 is 24.0 Å². The Balaban J connectivity index is 1.63. The zero-order valence-corrected chi connectivity index (χ0v) is 19.5. The van der Waals surface area contributed by atoms with Gasteiger partial charge in [0.1, 0.15) is 6.61 Å². The summed E-state index contributed by atoms with van der Waals surface area (Å²) in [5.74, 6) is -0.555. The van der Waals surface area contributed by atoms with Crippen LogP contribution < -0.4 is 5.32 Å². The van der Waals surface area contributed by atoms with Gasteiger partial charge in [-0.15, -0.1) is 11.8 Å². The molecule has 0 aliphatic carbocycles. The first-order valence-corrected chi connectivity index (χ1v) is 11.6. The maximum absolute atomic E-state index is 13.6. The van der Waals surface area contributed by atoms with E-state index in [0.717, 1.165) is 11.1 Å². The number of nitrogens with zero attached hydrogens (tertiary/aromatic N) is 1. The largest absolute Gasteiger partial charge is 0.458 e. The van der Waals surface area contributed by atoms with Crippen molar-refractivity contribution in [3.8, 4) is 0 Å². The number of ether oxygens (including phenoxy) is 1. The molecule has 2 saturated heterocycles. The minimum atomic E-state index is -1.35. The Bertz CT molecular complexity index is 996. The smallest absolute Gasteiger partial charge is 0.355 e. The van der Waals surface area contributed by atoms with Crippen molar-refractivity contribution in [3.63, 3.8) is 0 Å². The monoisotopic (exact) mass is 454 g/mol. The quantitative estimate of drug-likeness (QED) is 0.528. The molecule has 162 valence electrons. The summed E-state index contributed by atoms with van der Waals surface area (Å²) in [6.45, 7) is 6.14. The van der Waals surface area contributed by atoms with Gasteiger partial charge in [0.15, 0.2) is 0 Å². The summed E-state index contributed by atoms with van der Waals surface area (Å²) in [5.41, 5.74) is 0.417. The number of rotatable bonds is 6. The fourth-order valence-corrected chi connectivity index (χ4v) is 6.51. The van der Waals surface area contributed by atoms with Crippen LogP contribution in [0.15, 0.2) is 60.7 Å². The van der Waals surface area contributed by atoms with Gasteiger partial charge in [-0.2, -0.15) is 0 Å². The second-order valence-corrected chi connectivity index (χ2v) is 10.7. The molecule has 2 aliphatic heterocycles. The molecule has 0 unspecified atom stereocenters. The van der Waals surface area contributed by atoms with Crippen LogP contribution in [0.3, 0.4) is 0 Å². The van der Waals surface area contributed by atoms with E-state index in [9.17, 15) is 9.59 Å². The number of hydrogen-bond acceptors (Lipinski definition) is 5. The Morgan fingerprint density at radius 1 is 1.06 bits per heavy atom. The van der Waals surface area contributed by atoms with Gasteiger partial charge in [-0.05, 0) is 25.0 Å². The number of hydrogen-bond donors (Lipinski definition) is 1. The third-order valence-corrected chi connectivity index (χ3v) is 8.31. The van der Waals surface area contributed by atoms with E-state index in [-0.39, 0.29) is 30.2 Å². The first-order chi connectivity index (χ1) is 14.8. The van der Waals surface area contributed by atoms with Gasteiger partial charge in [0, 0.05) is 5.92 Å². The summed E-state index contributed by atoms with van der Waals surface area (Å²) in [7, 11) is 0. The number of amides is 1. The van der Waals surface area contributed by atoms with Crippen LogP contribution in [0, 0.1) is 5.92 Å². The fourth-order valence-electron chi connectivity index (χ4n) is 4.26. The lowest BCUT2D eigenvalue weighted by Crippen LogP contribution is -2.76. The van der Waals surface area contributed by atoms with Crippen LogP contribution in [0.2, 0.25) is 0 Å². The molecule has 1 amide bonds. The molecule has 0 saturated carbocycles. The predicted octanol–water partition coefficient (Wildman–Crippen LogP) is 3.92. The molecule has 1 N–H and O–H groups in total. The van der Waals surface area contributed by atoms with Crippen molar-refractivity contribution in [2.24, 2.45) is 5.92 Å². The Morgan fingerprint density at radius 2 is 1.65 bits per heavy atom. The van der Waals surface area contributed by atoms with Crippen molar-refractivity contribution in [2.45, 2.75) is 49.6 Å². The summed E-state index contributed by atoms with van der Waals surface area (Å²) < 4.78 is 5.14. The van der Waals surface area contributed by atoms with Crippen molar-refractivity contribution >= 4 is 40.8 Å². The zero-order chi connectivity index (χ0) is 22.2. The predicted molar refractivity (Wildman–Crippen MR) is 126 cm³/mol. The minimum absolute atomic E-state index is 0.0313. The number of thiocarbonyl (C=S) groups is 1. The second kappa shape index (κ2) is 8.28. The Kier molecular flexibility index (Phi) is 5.83. The first kappa shape index (κ1) is 21.8. The average molecular weight is 455 g/mol. The average Bonchev–Trinajstić information content (AvgIpc) is 2.98. The summed E-state index contributed by atoms with van der Waals surface area (Å²) in [6, 6.07) is 19.0. The van der Waals surface area contributed by atoms with Gasteiger partial charge in [-0.3, -0.25) is 4.79 Å². The van der Waals surface area contributed by atoms with E-state index >= 15 is 0 Å². The highest BCUT2D eigenvalue weighted by atomic mass is 32.2. The van der Waals surface area contributed by atoms with E-state index in [1.807, 2.05) is 79.4 Å². The van der Waals surface area contributed by atoms with Gasteiger partial charge in [0.05, 0.1) is 21.5 Å².